The van der Waals surface area contributed by atoms with Crippen LogP contribution >= 0.6 is 36.2 Å². The van der Waals surface area contributed by atoms with Crippen LogP contribution in [-0.2, 0) is 6.42 Å². The SMILES string of the molecule is COc1cc(C=CCNCCc2ccc(N=C(N)c3cccs3)cc2)cc(OC)c1O.Cl.Cl. The molecule has 3 rings (SSSR count). The highest BCUT2D eigenvalue weighted by Crippen LogP contribution is 2.37. The van der Waals surface area contributed by atoms with Crippen molar-refractivity contribution in [1.82, 2.24) is 5.32 Å². The standard InChI is InChI=1S/C24H27N3O3S.2ClH/c1-29-20-15-18(16-21(30-2)23(20)28)5-3-12-26-13-11-17-7-9-19(10-8-17)27-24(25)22-6-4-14-31-22;;/h3-10,14-16,26,28H,11-13H2,1-2H3,(H2,25,27);2*1H. The van der Waals surface area contributed by atoms with E-state index in [1.165, 1.54) is 19.8 Å². The number of nitrogens with two attached hydrogens (primary N) is 1. The second-order valence-corrected chi connectivity index (χ2v) is 7.72. The second-order valence-electron chi connectivity index (χ2n) is 6.77. The van der Waals surface area contributed by atoms with Crippen molar-refractivity contribution in [2.75, 3.05) is 27.3 Å². The molecule has 0 aliphatic heterocycles. The average molecular weight is 510 g/mol. The Balaban J connectivity index is 0.00000272. The number of phenolic OH excluding ortho intramolecular Hbond substituents is 1. The molecule has 0 bridgehead atoms. The first-order chi connectivity index (χ1) is 15.1. The van der Waals surface area contributed by atoms with E-state index in [4.69, 9.17) is 15.2 Å². The minimum Gasteiger partial charge on any atom is -0.502 e. The molecule has 0 atom stereocenters. The number of benzene rings is 2. The number of hydrogen-bond acceptors (Lipinski definition) is 6. The molecule has 1 heterocycles. The maximum absolute atomic E-state index is 9.97. The number of nitrogens with zero attached hydrogens (tertiary/aromatic N) is 1. The van der Waals surface area contributed by atoms with E-state index in [2.05, 4.69) is 22.4 Å². The highest BCUT2D eigenvalue weighted by molar-refractivity contribution is 7.12. The lowest BCUT2D eigenvalue weighted by Gasteiger charge is -2.09. The number of nitrogens with one attached hydrogen (secondary N) is 1. The molecule has 33 heavy (non-hydrogen) atoms. The molecule has 6 nitrogen and oxygen atoms in total. The molecule has 0 fully saturated rings. The number of aromatic hydroxyl groups is 1. The summed E-state index contributed by atoms with van der Waals surface area (Å²) in [7, 11) is 3.03. The van der Waals surface area contributed by atoms with Crippen LogP contribution < -0.4 is 20.5 Å². The van der Waals surface area contributed by atoms with Gasteiger partial charge in [-0.2, -0.15) is 0 Å². The van der Waals surface area contributed by atoms with Gasteiger partial charge in [-0.1, -0.05) is 30.4 Å². The molecule has 3 aromatic rings. The number of amidine groups is 1. The normalized spacial score (nSPS) is 11.0. The summed E-state index contributed by atoms with van der Waals surface area (Å²) in [5.74, 6) is 1.32. The van der Waals surface area contributed by atoms with Crippen LogP contribution in [0.4, 0.5) is 5.69 Å². The fourth-order valence-corrected chi connectivity index (χ4v) is 3.61. The Morgan fingerprint density at radius 3 is 2.33 bits per heavy atom. The third-order valence-electron chi connectivity index (χ3n) is 4.62. The third kappa shape index (κ3) is 8.29. The average Bonchev–Trinajstić information content (AvgIpc) is 3.33. The molecule has 178 valence electrons. The first-order valence-electron chi connectivity index (χ1n) is 9.90. The lowest BCUT2D eigenvalue weighted by Crippen LogP contribution is -2.16. The summed E-state index contributed by atoms with van der Waals surface area (Å²) in [6, 6.07) is 15.6. The van der Waals surface area contributed by atoms with Gasteiger partial charge in [-0.05, 0) is 59.8 Å². The Morgan fingerprint density at radius 2 is 1.76 bits per heavy atom. The first kappa shape index (κ1) is 28.3. The van der Waals surface area contributed by atoms with E-state index in [1.807, 2.05) is 41.8 Å². The maximum Gasteiger partial charge on any atom is 0.200 e. The van der Waals surface area contributed by atoms with Crippen molar-refractivity contribution in [3.05, 3.63) is 76.0 Å². The molecular weight excluding hydrogens is 481 g/mol. The van der Waals surface area contributed by atoms with Crippen LogP contribution in [0.2, 0.25) is 0 Å². The van der Waals surface area contributed by atoms with Gasteiger partial charge < -0.3 is 25.6 Å². The molecule has 0 amide bonds. The van der Waals surface area contributed by atoms with Gasteiger partial charge in [-0.15, -0.1) is 36.2 Å². The number of aliphatic imine (C=N–C) groups is 1. The van der Waals surface area contributed by atoms with Crippen LogP contribution in [0.1, 0.15) is 16.0 Å². The molecule has 1 aromatic heterocycles. The minimum atomic E-state index is 0. The minimum absolute atomic E-state index is 0. The number of phenols is 1. The highest BCUT2D eigenvalue weighted by atomic mass is 35.5. The van der Waals surface area contributed by atoms with Gasteiger partial charge in [-0.25, -0.2) is 4.99 Å². The van der Waals surface area contributed by atoms with Gasteiger partial charge in [0.15, 0.2) is 11.5 Å². The molecule has 0 saturated carbocycles. The van der Waals surface area contributed by atoms with Crippen LogP contribution in [0.5, 0.6) is 17.2 Å². The Kier molecular flexibility index (Phi) is 12.4. The number of rotatable bonds is 10. The summed E-state index contributed by atoms with van der Waals surface area (Å²) in [4.78, 5) is 5.45. The van der Waals surface area contributed by atoms with E-state index in [0.29, 0.717) is 17.3 Å². The van der Waals surface area contributed by atoms with Crippen molar-refractivity contribution in [3.63, 3.8) is 0 Å². The summed E-state index contributed by atoms with van der Waals surface area (Å²) in [5.41, 5.74) is 9.02. The molecular formula is C24H29Cl2N3O3S. The van der Waals surface area contributed by atoms with Crippen molar-refractivity contribution in [1.29, 1.82) is 0 Å². The van der Waals surface area contributed by atoms with Crippen LogP contribution in [0, 0.1) is 0 Å². The molecule has 0 aliphatic rings. The lowest BCUT2D eigenvalue weighted by atomic mass is 10.1. The fourth-order valence-electron chi connectivity index (χ4n) is 2.98. The Labute approximate surface area is 211 Å². The molecule has 0 radical (unpaired) electrons. The zero-order valence-electron chi connectivity index (χ0n) is 18.5. The summed E-state index contributed by atoms with van der Waals surface area (Å²) >= 11 is 1.58. The fraction of sp³-hybridized carbons (Fsp3) is 0.208. The van der Waals surface area contributed by atoms with Crippen LogP contribution in [0.25, 0.3) is 6.08 Å². The van der Waals surface area contributed by atoms with Crippen molar-refractivity contribution >= 4 is 53.7 Å². The van der Waals surface area contributed by atoms with Crippen molar-refractivity contribution in [2.24, 2.45) is 10.7 Å². The highest BCUT2D eigenvalue weighted by Gasteiger charge is 2.09. The molecule has 0 saturated heterocycles. The third-order valence-corrected chi connectivity index (χ3v) is 5.52. The molecule has 0 aliphatic carbocycles. The van der Waals surface area contributed by atoms with Crippen LogP contribution in [0.3, 0.4) is 0 Å². The summed E-state index contributed by atoms with van der Waals surface area (Å²) < 4.78 is 10.4. The number of thiophene rings is 1. The van der Waals surface area contributed by atoms with E-state index in [1.54, 1.807) is 23.5 Å². The second kappa shape index (κ2) is 14.4. The summed E-state index contributed by atoms with van der Waals surface area (Å²) in [6.45, 7) is 1.58. The number of hydrogen-bond donors (Lipinski definition) is 3. The summed E-state index contributed by atoms with van der Waals surface area (Å²) in [6.07, 6.45) is 4.90. The van der Waals surface area contributed by atoms with Crippen LogP contribution in [-0.4, -0.2) is 38.3 Å². The smallest absolute Gasteiger partial charge is 0.200 e. The first-order valence-corrected chi connectivity index (χ1v) is 10.8. The van der Waals surface area contributed by atoms with E-state index >= 15 is 0 Å². The molecule has 0 unspecified atom stereocenters. The van der Waals surface area contributed by atoms with Crippen LogP contribution in [0.15, 0.2) is 65.0 Å². The quantitative estimate of drug-likeness (QED) is 0.198. The molecule has 9 heteroatoms. The largest absolute Gasteiger partial charge is 0.502 e. The van der Waals surface area contributed by atoms with Gasteiger partial charge in [0.1, 0.15) is 5.84 Å². The predicted molar refractivity (Wildman–Crippen MR) is 142 cm³/mol. The Hall–Kier alpha value is -2.71. The van der Waals surface area contributed by atoms with Crippen molar-refractivity contribution in [3.8, 4) is 17.2 Å². The lowest BCUT2D eigenvalue weighted by molar-refractivity contribution is 0.340. The zero-order chi connectivity index (χ0) is 22.1. The zero-order valence-corrected chi connectivity index (χ0v) is 20.9. The van der Waals surface area contributed by atoms with E-state index in [9.17, 15) is 5.11 Å². The molecule has 2 aromatic carbocycles. The van der Waals surface area contributed by atoms with Crippen molar-refractivity contribution < 1.29 is 14.6 Å². The van der Waals surface area contributed by atoms with E-state index < -0.39 is 0 Å². The number of halogens is 2. The van der Waals surface area contributed by atoms with E-state index in [-0.39, 0.29) is 30.6 Å². The Bertz CT molecular complexity index is 1010. The molecule has 0 spiro atoms. The van der Waals surface area contributed by atoms with Gasteiger partial charge in [0.05, 0.1) is 24.8 Å². The van der Waals surface area contributed by atoms with Gasteiger partial charge >= 0.3 is 0 Å². The Morgan fingerprint density at radius 1 is 1.09 bits per heavy atom. The number of ether oxygens (including phenoxy) is 2. The monoisotopic (exact) mass is 509 g/mol. The van der Waals surface area contributed by atoms with Gasteiger partial charge in [0.2, 0.25) is 5.75 Å². The van der Waals surface area contributed by atoms with Crippen molar-refractivity contribution in [2.45, 2.75) is 6.42 Å². The maximum atomic E-state index is 9.97. The molecule has 4 N–H and O–H groups in total. The van der Waals surface area contributed by atoms with Gasteiger partial charge in [0, 0.05) is 6.54 Å². The topological polar surface area (TPSA) is 89.1 Å². The van der Waals surface area contributed by atoms with E-state index in [0.717, 1.165) is 35.6 Å². The van der Waals surface area contributed by atoms with Gasteiger partial charge in [-0.3, -0.25) is 0 Å². The number of methoxy groups -OCH3 is 2. The van der Waals surface area contributed by atoms with Gasteiger partial charge in [0.25, 0.3) is 0 Å². The summed E-state index contributed by atoms with van der Waals surface area (Å²) in [5, 5.41) is 15.3. The predicted octanol–water partition coefficient (Wildman–Crippen LogP) is 5.20.